The molecule has 2 heterocycles. The molecule has 1 N–H and O–H groups in total. The van der Waals surface area contributed by atoms with E-state index in [1.165, 1.54) is 17.0 Å². The Hall–Kier alpha value is -1.85. The van der Waals surface area contributed by atoms with Crippen LogP contribution in [0.5, 0.6) is 0 Å². The van der Waals surface area contributed by atoms with Gasteiger partial charge in [0.05, 0.1) is 12.9 Å². The van der Waals surface area contributed by atoms with Crippen LogP contribution in [0.4, 0.5) is 4.39 Å². The fraction of sp³-hybridized carbons (Fsp3) is 0.727. The Morgan fingerprint density at radius 2 is 2.14 bits per heavy atom. The van der Waals surface area contributed by atoms with Crippen molar-refractivity contribution < 1.29 is 9.18 Å². The third kappa shape index (κ3) is 3.25. The number of allylic oxidation sites excluding steroid dienone is 2. The molecule has 5 nitrogen and oxygen atoms in total. The fourth-order valence-corrected chi connectivity index (χ4v) is 5.73. The molecule has 152 valence electrons. The van der Waals surface area contributed by atoms with Crippen LogP contribution >= 0.6 is 0 Å². The number of aromatic amines is 1. The van der Waals surface area contributed by atoms with Gasteiger partial charge in [0.2, 0.25) is 5.91 Å². The molecular formula is C22H31FN4O. The fourth-order valence-electron chi connectivity index (χ4n) is 5.73. The van der Waals surface area contributed by atoms with E-state index in [9.17, 15) is 9.18 Å². The number of nitrogens with one attached hydrogen (secondary N) is 1. The second-order valence-electron chi connectivity index (χ2n) is 8.98. The standard InChI is InChI=1S/C22H31FN4O/c23-10-2-11-26-12-9-18-19(3-1-4-21(18)26)22(28)27(16-5-6-16)17-7-8-20-15(13-17)14-24-25-20/h4,14,16-19H,1-3,5-13H2,(H,24,25). The monoisotopic (exact) mass is 386 g/mol. The van der Waals surface area contributed by atoms with Gasteiger partial charge < -0.3 is 9.80 Å². The number of likely N-dealkylation sites (tertiary alicyclic amines) is 1. The first-order chi connectivity index (χ1) is 13.8. The maximum Gasteiger partial charge on any atom is 0.226 e. The summed E-state index contributed by atoms with van der Waals surface area (Å²) in [6, 6.07) is 0.771. The predicted molar refractivity (Wildman–Crippen MR) is 105 cm³/mol. The highest BCUT2D eigenvalue weighted by Gasteiger charge is 2.46. The lowest BCUT2D eigenvalue weighted by atomic mass is 9.79. The molecule has 1 aromatic rings. The smallest absolute Gasteiger partial charge is 0.226 e. The van der Waals surface area contributed by atoms with Gasteiger partial charge in [0.1, 0.15) is 0 Å². The van der Waals surface area contributed by atoms with E-state index in [0.717, 1.165) is 64.5 Å². The molecule has 1 saturated heterocycles. The summed E-state index contributed by atoms with van der Waals surface area (Å²) in [5, 5.41) is 7.31. The maximum atomic E-state index is 13.8. The molecule has 1 amide bonds. The first-order valence-electron chi connectivity index (χ1n) is 11.1. The summed E-state index contributed by atoms with van der Waals surface area (Å²) in [6.07, 6.45) is 13.1. The van der Waals surface area contributed by atoms with Crippen molar-refractivity contribution in [2.45, 2.75) is 69.9 Å². The molecule has 1 aliphatic heterocycles. The van der Waals surface area contributed by atoms with Crippen LogP contribution in [0, 0.1) is 11.8 Å². The third-order valence-corrected chi connectivity index (χ3v) is 7.23. The highest BCUT2D eigenvalue weighted by atomic mass is 19.1. The molecule has 1 saturated carbocycles. The van der Waals surface area contributed by atoms with Crippen LogP contribution in [0.2, 0.25) is 0 Å². The number of aryl methyl sites for hydroxylation is 1. The summed E-state index contributed by atoms with van der Waals surface area (Å²) in [5.41, 5.74) is 3.87. The van der Waals surface area contributed by atoms with Crippen molar-refractivity contribution in [1.82, 2.24) is 20.0 Å². The van der Waals surface area contributed by atoms with Crippen LogP contribution in [-0.4, -0.2) is 57.8 Å². The van der Waals surface area contributed by atoms with Crippen molar-refractivity contribution in [3.8, 4) is 0 Å². The van der Waals surface area contributed by atoms with Crippen LogP contribution in [0.25, 0.3) is 0 Å². The number of nitrogens with zero attached hydrogens (tertiary/aromatic N) is 3. The summed E-state index contributed by atoms with van der Waals surface area (Å²) >= 11 is 0. The van der Waals surface area contributed by atoms with Gasteiger partial charge in [-0.25, -0.2) is 0 Å². The summed E-state index contributed by atoms with van der Waals surface area (Å²) < 4.78 is 12.7. The molecule has 1 aromatic heterocycles. The quantitative estimate of drug-likeness (QED) is 0.817. The zero-order valence-electron chi connectivity index (χ0n) is 16.6. The molecule has 4 aliphatic rings. The number of carbonyl (C=O) groups excluding carboxylic acids is 1. The normalized spacial score (nSPS) is 29.2. The number of rotatable bonds is 6. The number of hydrogen-bond donors (Lipinski definition) is 1. The Kier molecular flexibility index (Phi) is 4.89. The van der Waals surface area contributed by atoms with Crippen LogP contribution in [-0.2, 0) is 17.6 Å². The lowest BCUT2D eigenvalue weighted by Gasteiger charge is -2.39. The molecule has 2 fully saturated rings. The molecule has 5 rings (SSSR count). The van der Waals surface area contributed by atoms with E-state index in [0.29, 0.717) is 30.3 Å². The maximum absolute atomic E-state index is 13.8. The van der Waals surface area contributed by atoms with E-state index in [1.54, 1.807) is 0 Å². The van der Waals surface area contributed by atoms with E-state index >= 15 is 0 Å². The van der Waals surface area contributed by atoms with Crippen molar-refractivity contribution in [2.24, 2.45) is 11.8 Å². The molecular weight excluding hydrogens is 355 g/mol. The molecule has 0 spiro atoms. The largest absolute Gasteiger partial charge is 0.375 e. The second kappa shape index (κ2) is 7.53. The Labute approximate surface area is 166 Å². The van der Waals surface area contributed by atoms with Crippen molar-refractivity contribution in [2.75, 3.05) is 19.8 Å². The minimum atomic E-state index is -0.260. The average molecular weight is 387 g/mol. The van der Waals surface area contributed by atoms with Gasteiger partial charge >= 0.3 is 0 Å². The zero-order chi connectivity index (χ0) is 19.1. The van der Waals surface area contributed by atoms with Gasteiger partial charge in [-0.1, -0.05) is 6.08 Å². The molecule has 0 bridgehead atoms. The number of amides is 1. The summed E-state index contributed by atoms with van der Waals surface area (Å²) in [5.74, 6) is 0.847. The van der Waals surface area contributed by atoms with Crippen LogP contribution < -0.4 is 0 Å². The summed E-state index contributed by atoms with van der Waals surface area (Å²) in [6.45, 7) is 1.51. The van der Waals surface area contributed by atoms with Gasteiger partial charge in [-0.3, -0.25) is 14.3 Å². The Morgan fingerprint density at radius 1 is 1.25 bits per heavy atom. The molecule has 3 aliphatic carbocycles. The molecule has 0 aromatic carbocycles. The number of aromatic nitrogens is 2. The van der Waals surface area contributed by atoms with E-state index in [-0.39, 0.29) is 12.6 Å². The Bertz CT molecular complexity index is 755. The average Bonchev–Trinajstić information content (AvgIpc) is 3.28. The Balaban J connectivity index is 1.32. The summed E-state index contributed by atoms with van der Waals surface area (Å²) in [4.78, 5) is 18.4. The van der Waals surface area contributed by atoms with Gasteiger partial charge in [-0.15, -0.1) is 0 Å². The minimum Gasteiger partial charge on any atom is -0.375 e. The van der Waals surface area contributed by atoms with Crippen molar-refractivity contribution >= 4 is 5.91 Å². The highest BCUT2D eigenvalue weighted by Crippen LogP contribution is 2.43. The van der Waals surface area contributed by atoms with Gasteiger partial charge in [-0.05, 0) is 63.4 Å². The number of halogens is 1. The van der Waals surface area contributed by atoms with Crippen LogP contribution in [0.3, 0.4) is 0 Å². The molecule has 6 heteroatoms. The minimum absolute atomic E-state index is 0.113. The SMILES string of the molecule is O=C(C1CCC=C2C1CCN2CCCF)N(C1CC1)C1CCc2[nH]ncc2C1. The van der Waals surface area contributed by atoms with Crippen molar-refractivity contribution in [3.05, 3.63) is 29.2 Å². The van der Waals surface area contributed by atoms with Crippen LogP contribution in [0.15, 0.2) is 18.0 Å². The molecule has 3 atom stereocenters. The third-order valence-electron chi connectivity index (χ3n) is 7.23. The molecule has 3 unspecified atom stereocenters. The number of fused-ring (bicyclic) bond motifs is 2. The van der Waals surface area contributed by atoms with Gasteiger partial charge in [0, 0.05) is 48.4 Å². The second-order valence-corrected chi connectivity index (χ2v) is 8.98. The molecule has 28 heavy (non-hydrogen) atoms. The predicted octanol–water partition coefficient (Wildman–Crippen LogP) is 3.23. The van der Waals surface area contributed by atoms with Gasteiger partial charge in [-0.2, -0.15) is 5.10 Å². The first kappa shape index (κ1) is 18.2. The van der Waals surface area contributed by atoms with Crippen molar-refractivity contribution in [1.29, 1.82) is 0 Å². The highest BCUT2D eigenvalue weighted by molar-refractivity contribution is 5.81. The van der Waals surface area contributed by atoms with Gasteiger partial charge in [0.15, 0.2) is 0 Å². The number of alkyl halides is 1. The number of H-pyrrole nitrogens is 1. The zero-order valence-corrected chi connectivity index (χ0v) is 16.6. The van der Waals surface area contributed by atoms with Crippen LogP contribution in [0.1, 0.15) is 56.2 Å². The topological polar surface area (TPSA) is 52.2 Å². The van der Waals surface area contributed by atoms with Gasteiger partial charge in [0.25, 0.3) is 0 Å². The Morgan fingerprint density at radius 3 is 2.96 bits per heavy atom. The number of carbonyl (C=O) groups is 1. The van der Waals surface area contributed by atoms with E-state index in [1.807, 2.05) is 6.20 Å². The van der Waals surface area contributed by atoms with Crippen molar-refractivity contribution in [3.63, 3.8) is 0 Å². The summed E-state index contributed by atoms with van der Waals surface area (Å²) in [7, 11) is 0. The van der Waals surface area contributed by atoms with E-state index in [4.69, 9.17) is 0 Å². The van der Waals surface area contributed by atoms with E-state index < -0.39 is 0 Å². The van der Waals surface area contributed by atoms with E-state index in [2.05, 4.69) is 26.1 Å². The lowest BCUT2D eigenvalue weighted by molar-refractivity contribution is -0.140. The first-order valence-corrected chi connectivity index (χ1v) is 11.1. The lowest BCUT2D eigenvalue weighted by Crippen LogP contribution is -2.49. The number of hydrogen-bond acceptors (Lipinski definition) is 3. The molecule has 0 radical (unpaired) electrons.